The number of hydrogen-bond donors (Lipinski definition) is 0. The number of allylic oxidation sites excluding steroid dienone is 3. The van der Waals surface area contributed by atoms with Crippen molar-refractivity contribution < 1.29 is 40.2 Å². The predicted octanol–water partition coefficient (Wildman–Crippen LogP) is 8.47. The predicted molar refractivity (Wildman–Crippen MR) is 134 cm³/mol. The topological polar surface area (TPSA) is 43.8 Å². The van der Waals surface area contributed by atoms with Crippen LogP contribution in [0, 0.1) is 0 Å². The van der Waals surface area contributed by atoms with Crippen molar-refractivity contribution in [2.24, 2.45) is 0 Å². The lowest BCUT2D eigenvalue weighted by atomic mass is 10.0. The van der Waals surface area contributed by atoms with E-state index in [0.29, 0.717) is 5.56 Å². The standard InChI is InChI=1S/C26H30F6N2O3Si/c1-26(2,3)38(4,5)37-23-19(10-9-18(27)22(23)28)34(15-16-7-6-12-33-14-16)17-8-11-20(35-24(29)30)21(13-17)36-25(31)32/h6-8,11-14,24-25H,9-10,15H2,1-5H3. The summed E-state index contributed by atoms with van der Waals surface area (Å²) in [7, 11) is -2.67. The van der Waals surface area contributed by atoms with Crippen LogP contribution in [0.1, 0.15) is 39.2 Å². The van der Waals surface area contributed by atoms with Gasteiger partial charge in [-0.3, -0.25) is 4.98 Å². The first kappa shape index (κ1) is 29.4. The van der Waals surface area contributed by atoms with Gasteiger partial charge in [0, 0.05) is 37.1 Å². The highest BCUT2D eigenvalue weighted by atomic mass is 28.4. The molecule has 0 saturated carbocycles. The monoisotopic (exact) mass is 560 g/mol. The highest BCUT2D eigenvalue weighted by Gasteiger charge is 2.42. The van der Waals surface area contributed by atoms with Crippen LogP contribution in [0.15, 0.2) is 65.8 Å². The molecule has 1 aromatic heterocycles. The van der Waals surface area contributed by atoms with Gasteiger partial charge in [-0.15, -0.1) is 0 Å². The van der Waals surface area contributed by atoms with Gasteiger partial charge in [0.05, 0.1) is 5.70 Å². The average Bonchev–Trinajstić information content (AvgIpc) is 2.81. The summed E-state index contributed by atoms with van der Waals surface area (Å²) in [5.74, 6) is -3.59. The van der Waals surface area contributed by atoms with Crippen molar-refractivity contribution in [2.45, 2.75) is 71.5 Å². The molecule has 0 fully saturated rings. The number of rotatable bonds is 10. The van der Waals surface area contributed by atoms with Crippen molar-refractivity contribution in [3.05, 3.63) is 71.4 Å². The average molecular weight is 561 g/mol. The van der Waals surface area contributed by atoms with E-state index in [0.717, 1.165) is 12.1 Å². The third-order valence-electron chi connectivity index (χ3n) is 6.50. The molecule has 0 radical (unpaired) electrons. The minimum Gasteiger partial charge on any atom is -0.540 e. The first-order chi connectivity index (χ1) is 17.7. The minimum atomic E-state index is -3.32. The number of alkyl halides is 4. The summed E-state index contributed by atoms with van der Waals surface area (Å²) < 4.78 is 96.9. The highest BCUT2D eigenvalue weighted by molar-refractivity contribution is 6.74. The van der Waals surface area contributed by atoms with Crippen LogP contribution in [0.2, 0.25) is 18.1 Å². The van der Waals surface area contributed by atoms with Crippen molar-refractivity contribution in [2.75, 3.05) is 4.90 Å². The van der Waals surface area contributed by atoms with Gasteiger partial charge >= 0.3 is 13.2 Å². The molecule has 1 aromatic carbocycles. The third kappa shape index (κ3) is 7.03. The van der Waals surface area contributed by atoms with Gasteiger partial charge in [0.1, 0.15) is 5.83 Å². The molecule has 1 aliphatic carbocycles. The van der Waals surface area contributed by atoms with Crippen LogP contribution in [-0.2, 0) is 11.0 Å². The van der Waals surface area contributed by atoms with E-state index in [1.807, 2.05) is 33.9 Å². The van der Waals surface area contributed by atoms with Gasteiger partial charge < -0.3 is 18.8 Å². The zero-order chi connectivity index (χ0) is 28.3. The summed E-state index contributed by atoms with van der Waals surface area (Å²) in [6, 6.07) is 6.91. The molecule has 0 atom stereocenters. The number of hydrogen-bond acceptors (Lipinski definition) is 5. The molecule has 208 valence electrons. The fourth-order valence-corrected chi connectivity index (χ4v) is 4.56. The van der Waals surface area contributed by atoms with E-state index in [9.17, 15) is 22.0 Å². The van der Waals surface area contributed by atoms with E-state index in [4.69, 9.17) is 4.43 Å². The Hall–Kier alpha value is -3.15. The first-order valence-electron chi connectivity index (χ1n) is 11.9. The second-order valence-corrected chi connectivity index (χ2v) is 14.9. The Morgan fingerprint density at radius 2 is 1.63 bits per heavy atom. The van der Waals surface area contributed by atoms with E-state index in [2.05, 4.69) is 14.5 Å². The van der Waals surface area contributed by atoms with Crippen LogP contribution < -0.4 is 14.4 Å². The van der Waals surface area contributed by atoms with Gasteiger partial charge in [0.2, 0.25) is 0 Å². The Labute approximate surface area is 218 Å². The summed E-state index contributed by atoms with van der Waals surface area (Å²) in [4.78, 5) is 5.63. The Morgan fingerprint density at radius 3 is 2.21 bits per heavy atom. The van der Waals surface area contributed by atoms with Gasteiger partial charge in [-0.25, -0.2) is 4.39 Å². The Balaban J connectivity index is 2.21. The number of halogens is 6. The van der Waals surface area contributed by atoms with Crippen LogP contribution in [0.3, 0.4) is 0 Å². The van der Waals surface area contributed by atoms with Crippen LogP contribution in [0.5, 0.6) is 11.5 Å². The summed E-state index contributed by atoms with van der Waals surface area (Å²) in [5, 5.41) is -0.347. The summed E-state index contributed by atoms with van der Waals surface area (Å²) >= 11 is 0. The fraction of sp³-hybridized carbons (Fsp3) is 0.423. The van der Waals surface area contributed by atoms with E-state index < -0.39 is 44.7 Å². The molecule has 0 N–H and O–H groups in total. The van der Waals surface area contributed by atoms with Crippen LogP contribution >= 0.6 is 0 Å². The number of benzene rings is 1. The molecule has 0 unspecified atom stereocenters. The highest BCUT2D eigenvalue weighted by Crippen LogP contribution is 2.45. The van der Waals surface area contributed by atoms with E-state index >= 15 is 4.39 Å². The molecule has 0 bridgehead atoms. The Bertz CT molecular complexity index is 1180. The fourth-order valence-electron chi connectivity index (χ4n) is 3.53. The molecule has 0 aliphatic heterocycles. The van der Waals surface area contributed by atoms with E-state index in [1.54, 1.807) is 29.4 Å². The second-order valence-electron chi connectivity index (χ2n) is 10.2. The Kier molecular flexibility index (Phi) is 9.06. The molecule has 3 rings (SSSR count). The maximum absolute atomic E-state index is 15.4. The Morgan fingerprint density at radius 1 is 0.974 bits per heavy atom. The zero-order valence-corrected chi connectivity index (χ0v) is 22.7. The maximum Gasteiger partial charge on any atom is 0.387 e. The molecular weight excluding hydrogens is 530 g/mol. The van der Waals surface area contributed by atoms with Gasteiger partial charge in [-0.2, -0.15) is 22.0 Å². The van der Waals surface area contributed by atoms with E-state index in [-0.39, 0.29) is 41.6 Å². The normalized spacial score (nSPS) is 14.9. The molecule has 38 heavy (non-hydrogen) atoms. The van der Waals surface area contributed by atoms with Crippen molar-refractivity contribution in [3.8, 4) is 11.5 Å². The molecule has 5 nitrogen and oxygen atoms in total. The number of nitrogens with zero attached hydrogens (tertiary/aromatic N) is 2. The molecule has 2 aromatic rings. The summed E-state index contributed by atoms with van der Waals surface area (Å²) in [5.41, 5.74) is 1.11. The summed E-state index contributed by atoms with van der Waals surface area (Å²) in [6.07, 6.45) is 2.90. The quantitative estimate of drug-likeness (QED) is 0.215. The molecular formula is C26H30F6N2O3Si. The van der Waals surface area contributed by atoms with Crippen molar-refractivity contribution in [3.63, 3.8) is 0 Å². The van der Waals surface area contributed by atoms with Crippen LogP contribution in [0.25, 0.3) is 0 Å². The second kappa shape index (κ2) is 11.7. The molecule has 0 saturated heterocycles. The first-order valence-corrected chi connectivity index (χ1v) is 14.8. The lowest BCUT2D eigenvalue weighted by Gasteiger charge is -2.40. The van der Waals surface area contributed by atoms with Crippen LogP contribution in [-0.4, -0.2) is 26.5 Å². The lowest BCUT2D eigenvalue weighted by Crippen LogP contribution is -2.41. The lowest BCUT2D eigenvalue weighted by molar-refractivity contribution is -0.0692. The van der Waals surface area contributed by atoms with E-state index in [1.165, 1.54) is 6.07 Å². The molecule has 0 amide bonds. The molecule has 1 heterocycles. The SMILES string of the molecule is CC(C)(C)[Si](C)(C)OC1=C(N(Cc2cccnc2)c2ccc(OC(F)F)c(OC(F)F)c2)CCC(F)=C1F. The number of pyridine rings is 1. The smallest absolute Gasteiger partial charge is 0.387 e. The van der Waals surface area contributed by atoms with Crippen LogP contribution in [0.4, 0.5) is 32.0 Å². The van der Waals surface area contributed by atoms with Gasteiger partial charge in [0.15, 0.2) is 23.1 Å². The zero-order valence-electron chi connectivity index (χ0n) is 21.7. The molecule has 1 aliphatic rings. The summed E-state index contributed by atoms with van der Waals surface area (Å²) in [6.45, 7) is 3.07. The molecule has 0 spiro atoms. The number of ether oxygens (including phenoxy) is 2. The molecule has 12 heteroatoms. The van der Waals surface area contributed by atoms with Gasteiger partial charge in [-0.05, 0) is 48.3 Å². The largest absolute Gasteiger partial charge is 0.540 e. The third-order valence-corrected chi connectivity index (χ3v) is 10.8. The van der Waals surface area contributed by atoms with Crippen molar-refractivity contribution >= 4 is 14.0 Å². The van der Waals surface area contributed by atoms with Gasteiger partial charge in [-0.1, -0.05) is 26.8 Å². The maximum atomic E-state index is 15.4. The minimum absolute atomic E-state index is 0.0315. The van der Waals surface area contributed by atoms with Crippen molar-refractivity contribution in [1.29, 1.82) is 0 Å². The number of anilines is 1. The van der Waals surface area contributed by atoms with Gasteiger partial charge in [0.25, 0.3) is 8.32 Å². The van der Waals surface area contributed by atoms with Crippen molar-refractivity contribution in [1.82, 2.24) is 4.98 Å². The number of aromatic nitrogens is 1.